The molecule has 36 heavy (non-hydrogen) atoms. The third kappa shape index (κ3) is 10.6. The van der Waals surface area contributed by atoms with Crippen LogP contribution in [0.15, 0.2) is 9.59 Å². The molecule has 0 saturated heterocycles. The van der Waals surface area contributed by atoms with Crippen LogP contribution in [-0.2, 0) is 20.5 Å². The fraction of sp³-hybridized carbons (Fsp3) is 0.821. The van der Waals surface area contributed by atoms with E-state index in [1.165, 1.54) is 68.8 Å². The number of H-pyrrole nitrogens is 1. The number of hydrogen-bond acceptors (Lipinski definition) is 5. The van der Waals surface area contributed by atoms with Crippen LogP contribution >= 0.6 is 0 Å². The Labute approximate surface area is 216 Å². The number of aliphatic hydroxyl groups excluding tert-OH is 1. The highest BCUT2D eigenvalue weighted by atomic mass is 16.3. The maximum atomic E-state index is 12.1. The van der Waals surface area contributed by atoms with E-state index >= 15 is 0 Å². The van der Waals surface area contributed by atoms with Gasteiger partial charge < -0.3 is 15.0 Å². The van der Waals surface area contributed by atoms with E-state index in [0.29, 0.717) is 17.7 Å². The lowest BCUT2D eigenvalue weighted by molar-refractivity contribution is 0.158. The number of aliphatic hydroxyl groups is 1. The fourth-order valence-electron chi connectivity index (χ4n) is 4.88. The zero-order chi connectivity index (χ0) is 26.2. The van der Waals surface area contributed by atoms with Gasteiger partial charge in [-0.2, -0.15) is 0 Å². The monoisotopic (exact) mass is 505 g/mol. The lowest BCUT2D eigenvalue weighted by atomic mass is 10.1. The Morgan fingerprint density at radius 2 is 1.42 bits per heavy atom. The van der Waals surface area contributed by atoms with Gasteiger partial charge in [0, 0.05) is 27.1 Å². The smallest absolute Gasteiger partial charge is 0.329 e. The summed E-state index contributed by atoms with van der Waals surface area (Å²) in [5.74, 6) is 0.834. The van der Waals surface area contributed by atoms with Gasteiger partial charge in [-0.05, 0) is 25.8 Å². The van der Waals surface area contributed by atoms with Crippen LogP contribution in [0.1, 0.15) is 115 Å². The summed E-state index contributed by atoms with van der Waals surface area (Å²) in [6, 6.07) is 0. The molecule has 3 N–H and O–H groups in total. The van der Waals surface area contributed by atoms with Crippen molar-refractivity contribution in [2.75, 3.05) is 13.1 Å². The lowest BCUT2D eigenvalue weighted by Gasteiger charge is -2.11. The third-order valence-corrected chi connectivity index (χ3v) is 7.25. The number of nitrogens with one attached hydrogen (secondary N) is 2. The molecule has 8 heteroatoms. The van der Waals surface area contributed by atoms with E-state index in [9.17, 15) is 14.7 Å². The summed E-state index contributed by atoms with van der Waals surface area (Å²) >= 11 is 0. The molecule has 0 radical (unpaired) electrons. The van der Waals surface area contributed by atoms with Crippen LogP contribution in [0.5, 0.6) is 0 Å². The Kier molecular flexibility index (Phi) is 14.7. The summed E-state index contributed by atoms with van der Waals surface area (Å²) in [6.45, 7) is 3.98. The van der Waals surface area contributed by atoms with E-state index in [2.05, 4.69) is 22.2 Å². The van der Waals surface area contributed by atoms with E-state index in [-0.39, 0.29) is 11.7 Å². The average molecular weight is 506 g/mol. The standard InChI is InChI=1S/C28H51N5O3/c1-4-5-6-7-8-9-10-11-15-18-21-29-22-23(34)19-16-13-12-14-17-20-24-30-26-25(32(24)2)27(35)31-28(36)33(26)3/h23,29,34H,4-22H2,1-3H3,(H,31,35,36). The Morgan fingerprint density at radius 1 is 0.833 bits per heavy atom. The van der Waals surface area contributed by atoms with Gasteiger partial charge in [0.05, 0.1) is 6.10 Å². The molecule has 2 aromatic rings. The largest absolute Gasteiger partial charge is 0.392 e. The minimum Gasteiger partial charge on any atom is -0.392 e. The van der Waals surface area contributed by atoms with Crippen LogP contribution in [-0.4, -0.2) is 43.4 Å². The number of rotatable bonds is 21. The molecule has 0 fully saturated rings. The Balaban J connectivity index is 1.44. The molecule has 0 spiro atoms. The van der Waals surface area contributed by atoms with Crippen LogP contribution in [0, 0.1) is 0 Å². The van der Waals surface area contributed by atoms with Gasteiger partial charge in [-0.15, -0.1) is 0 Å². The highest BCUT2D eigenvalue weighted by molar-refractivity contribution is 5.70. The summed E-state index contributed by atoms with van der Waals surface area (Å²) in [5.41, 5.74) is 0.0686. The normalized spacial score (nSPS) is 12.6. The van der Waals surface area contributed by atoms with Crippen LogP contribution in [0.4, 0.5) is 0 Å². The zero-order valence-corrected chi connectivity index (χ0v) is 23.1. The molecule has 0 aliphatic carbocycles. The van der Waals surface area contributed by atoms with Gasteiger partial charge in [-0.1, -0.05) is 90.4 Å². The van der Waals surface area contributed by atoms with Crippen molar-refractivity contribution in [3.63, 3.8) is 0 Å². The van der Waals surface area contributed by atoms with Gasteiger partial charge in [0.15, 0.2) is 11.2 Å². The number of hydrogen-bond donors (Lipinski definition) is 3. The summed E-state index contributed by atoms with van der Waals surface area (Å²) in [5, 5.41) is 13.6. The first-order valence-electron chi connectivity index (χ1n) is 14.5. The summed E-state index contributed by atoms with van der Waals surface area (Å²) < 4.78 is 3.18. The van der Waals surface area contributed by atoms with Crippen LogP contribution in [0.25, 0.3) is 11.2 Å². The van der Waals surface area contributed by atoms with Gasteiger partial charge in [0.1, 0.15) is 5.82 Å². The molecule has 8 nitrogen and oxygen atoms in total. The minimum absolute atomic E-state index is 0.252. The second-order valence-electron chi connectivity index (χ2n) is 10.4. The van der Waals surface area contributed by atoms with Crippen LogP contribution in [0.2, 0.25) is 0 Å². The molecule has 2 aromatic heterocycles. The maximum Gasteiger partial charge on any atom is 0.329 e. The molecule has 0 saturated carbocycles. The molecular weight excluding hydrogens is 454 g/mol. The zero-order valence-electron chi connectivity index (χ0n) is 23.1. The first-order chi connectivity index (χ1) is 17.5. The van der Waals surface area contributed by atoms with E-state index < -0.39 is 5.69 Å². The average Bonchev–Trinajstić information content (AvgIpc) is 3.19. The van der Waals surface area contributed by atoms with Crippen LogP contribution in [0.3, 0.4) is 0 Å². The van der Waals surface area contributed by atoms with Gasteiger partial charge in [0.2, 0.25) is 0 Å². The molecule has 0 aliphatic rings. The third-order valence-electron chi connectivity index (χ3n) is 7.25. The number of aromatic nitrogens is 4. The molecule has 0 amide bonds. The number of imidazole rings is 1. The molecule has 0 aliphatic heterocycles. The van der Waals surface area contributed by atoms with Crippen molar-refractivity contribution in [3.05, 3.63) is 26.7 Å². The number of nitrogens with zero attached hydrogens (tertiary/aromatic N) is 3. The predicted octanol–water partition coefficient (Wildman–Crippen LogP) is 4.71. The lowest BCUT2D eigenvalue weighted by Crippen LogP contribution is -2.29. The quantitative estimate of drug-likeness (QED) is 0.213. The molecule has 2 heterocycles. The fourth-order valence-corrected chi connectivity index (χ4v) is 4.88. The summed E-state index contributed by atoms with van der Waals surface area (Å²) in [6.07, 6.45) is 20.3. The number of fused-ring (bicyclic) bond motifs is 1. The van der Waals surface area contributed by atoms with Crippen molar-refractivity contribution in [3.8, 4) is 0 Å². The molecular formula is C28H51N5O3. The van der Waals surface area contributed by atoms with E-state index in [0.717, 1.165) is 57.3 Å². The number of aryl methyl sites for hydroxylation is 3. The van der Waals surface area contributed by atoms with Crippen molar-refractivity contribution in [2.45, 2.75) is 122 Å². The Bertz CT molecular complexity index is 978. The van der Waals surface area contributed by atoms with Crippen molar-refractivity contribution < 1.29 is 5.11 Å². The molecule has 2 rings (SSSR count). The van der Waals surface area contributed by atoms with Gasteiger partial charge in [-0.25, -0.2) is 9.78 Å². The second kappa shape index (κ2) is 17.5. The number of aromatic amines is 1. The molecule has 1 atom stereocenters. The van der Waals surface area contributed by atoms with Gasteiger partial charge >= 0.3 is 5.69 Å². The molecule has 1 unspecified atom stereocenters. The molecule has 0 aromatic carbocycles. The van der Waals surface area contributed by atoms with E-state index in [4.69, 9.17) is 0 Å². The van der Waals surface area contributed by atoms with Crippen molar-refractivity contribution in [1.29, 1.82) is 0 Å². The van der Waals surface area contributed by atoms with Gasteiger partial charge in [-0.3, -0.25) is 14.3 Å². The topological polar surface area (TPSA) is 105 Å². The predicted molar refractivity (Wildman–Crippen MR) is 149 cm³/mol. The maximum absolute atomic E-state index is 12.1. The van der Waals surface area contributed by atoms with Crippen molar-refractivity contribution in [2.24, 2.45) is 14.1 Å². The SMILES string of the molecule is CCCCCCCCCCCCNCC(O)CCCCCCCc1nc2c(c(=O)[nH]c(=O)n2C)n1C. The second-order valence-corrected chi connectivity index (χ2v) is 10.4. The first-order valence-corrected chi connectivity index (χ1v) is 14.5. The summed E-state index contributed by atoms with van der Waals surface area (Å²) in [7, 11) is 3.45. The Morgan fingerprint density at radius 3 is 2.08 bits per heavy atom. The van der Waals surface area contributed by atoms with E-state index in [1.54, 1.807) is 11.6 Å². The van der Waals surface area contributed by atoms with Gasteiger partial charge in [0.25, 0.3) is 5.56 Å². The highest BCUT2D eigenvalue weighted by Gasteiger charge is 2.14. The highest BCUT2D eigenvalue weighted by Crippen LogP contribution is 2.14. The van der Waals surface area contributed by atoms with Crippen molar-refractivity contribution in [1.82, 2.24) is 24.4 Å². The molecule has 206 valence electrons. The van der Waals surface area contributed by atoms with E-state index in [1.807, 2.05) is 7.05 Å². The number of unbranched alkanes of at least 4 members (excludes halogenated alkanes) is 13. The molecule has 0 bridgehead atoms. The van der Waals surface area contributed by atoms with Crippen molar-refractivity contribution >= 4 is 11.2 Å². The van der Waals surface area contributed by atoms with Crippen LogP contribution < -0.4 is 16.6 Å². The minimum atomic E-state index is -0.437. The first kappa shape index (κ1) is 30.3. The summed E-state index contributed by atoms with van der Waals surface area (Å²) in [4.78, 5) is 30.8. The Hall–Kier alpha value is -1.93.